The third-order valence-electron chi connectivity index (χ3n) is 4.37. The molecule has 0 spiro atoms. The van der Waals surface area contributed by atoms with Crippen molar-refractivity contribution in [3.63, 3.8) is 0 Å². The largest absolute Gasteiger partial charge is 0.391 e. The number of thioether (sulfide) groups is 1. The van der Waals surface area contributed by atoms with E-state index in [4.69, 9.17) is 0 Å². The fraction of sp³-hybridized carbons (Fsp3) is 0.412. The number of hydrogen-bond acceptors (Lipinski definition) is 4. The summed E-state index contributed by atoms with van der Waals surface area (Å²) in [5.74, 6) is 0.226. The molecule has 2 aromatic rings. The summed E-state index contributed by atoms with van der Waals surface area (Å²) in [5, 5.41) is 10.9. The van der Waals surface area contributed by atoms with E-state index in [-0.39, 0.29) is 11.8 Å². The van der Waals surface area contributed by atoms with Crippen LogP contribution in [0.2, 0.25) is 0 Å². The van der Waals surface area contributed by atoms with Crippen molar-refractivity contribution in [2.24, 2.45) is 5.92 Å². The second kappa shape index (κ2) is 6.76. The van der Waals surface area contributed by atoms with E-state index < -0.39 is 6.10 Å². The zero-order valence-corrected chi connectivity index (χ0v) is 14.2. The Labute approximate surface area is 140 Å². The predicted molar refractivity (Wildman–Crippen MR) is 91.0 cm³/mol. The number of likely N-dealkylation sites (tertiary alicyclic amines) is 1. The molecule has 1 fully saturated rings. The molecular weight excluding hydrogens is 310 g/mol. The van der Waals surface area contributed by atoms with Crippen molar-refractivity contribution in [2.45, 2.75) is 24.6 Å². The molecule has 0 radical (unpaired) electrons. The highest BCUT2D eigenvalue weighted by Gasteiger charge is 2.27. The Balaban J connectivity index is 1.84. The van der Waals surface area contributed by atoms with Crippen molar-refractivity contribution in [3.8, 4) is 5.69 Å². The lowest BCUT2D eigenvalue weighted by Gasteiger charge is -2.34. The van der Waals surface area contributed by atoms with Gasteiger partial charge in [-0.1, -0.05) is 24.8 Å². The Morgan fingerprint density at radius 2 is 2.26 bits per heavy atom. The first-order valence-electron chi connectivity index (χ1n) is 7.75. The lowest BCUT2D eigenvalue weighted by atomic mass is 9.95. The zero-order chi connectivity index (χ0) is 16.4. The highest BCUT2D eigenvalue weighted by molar-refractivity contribution is 7.98. The molecule has 2 unspecified atom stereocenters. The molecule has 1 saturated heterocycles. The van der Waals surface area contributed by atoms with Crippen LogP contribution in [0.4, 0.5) is 0 Å². The number of piperidine rings is 1. The Morgan fingerprint density at radius 3 is 3.00 bits per heavy atom. The van der Waals surface area contributed by atoms with Crippen molar-refractivity contribution in [3.05, 3.63) is 42.2 Å². The van der Waals surface area contributed by atoms with E-state index in [1.54, 1.807) is 22.9 Å². The van der Waals surface area contributed by atoms with E-state index >= 15 is 0 Å². The Morgan fingerprint density at radius 1 is 1.43 bits per heavy atom. The molecule has 1 aliphatic heterocycles. The maximum absolute atomic E-state index is 12.7. The number of aliphatic hydroxyl groups is 1. The standard InChI is InChI=1S/C17H21N3O2S/c1-12-6-8-19(11-15(12)21)16(22)13-4-3-5-14(10-13)20-9-7-18-17(20)23-2/h3-5,7,9-10,12,15,21H,6,8,11H2,1-2H3. The number of benzene rings is 1. The van der Waals surface area contributed by atoms with Gasteiger partial charge in [-0.15, -0.1) is 0 Å². The van der Waals surface area contributed by atoms with Crippen LogP contribution in [-0.4, -0.2) is 50.9 Å². The van der Waals surface area contributed by atoms with Crippen LogP contribution in [0.5, 0.6) is 0 Å². The van der Waals surface area contributed by atoms with E-state index in [0.29, 0.717) is 18.7 Å². The van der Waals surface area contributed by atoms with E-state index in [1.807, 2.05) is 48.2 Å². The average molecular weight is 331 g/mol. The summed E-state index contributed by atoms with van der Waals surface area (Å²) in [4.78, 5) is 18.7. The maximum atomic E-state index is 12.7. The minimum Gasteiger partial charge on any atom is -0.391 e. The molecule has 1 aliphatic rings. The van der Waals surface area contributed by atoms with Crippen molar-refractivity contribution in [2.75, 3.05) is 19.3 Å². The van der Waals surface area contributed by atoms with Crippen molar-refractivity contribution < 1.29 is 9.90 Å². The summed E-state index contributed by atoms with van der Waals surface area (Å²) in [6.07, 6.45) is 6.02. The van der Waals surface area contributed by atoms with Crippen molar-refractivity contribution >= 4 is 17.7 Å². The van der Waals surface area contributed by atoms with E-state index in [0.717, 1.165) is 17.3 Å². The van der Waals surface area contributed by atoms with Gasteiger partial charge < -0.3 is 10.0 Å². The first-order chi connectivity index (χ1) is 11.1. The molecule has 1 amide bonds. The second-order valence-electron chi connectivity index (χ2n) is 5.92. The predicted octanol–water partition coefficient (Wildman–Crippen LogP) is 2.44. The quantitative estimate of drug-likeness (QED) is 0.878. The van der Waals surface area contributed by atoms with Gasteiger partial charge in [0.15, 0.2) is 5.16 Å². The van der Waals surface area contributed by atoms with Crippen LogP contribution in [0.1, 0.15) is 23.7 Å². The fourth-order valence-electron chi connectivity index (χ4n) is 2.84. The molecule has 1 aromatic carbocycles. The topological polar surface area (TPSA) is 58.4 Å². The van der Waals surface area contributed by atoms with Crippen LogP contribution in [0, 0.1) is 5.92 Å². The molecule has 2 atom stereocenters. The molecule has 23 heavy (non-hydrogen) atoms. The molecule has 5 nitrogen and oxygen atoms in total. The summed E-state index contributed by atoms with van der Waals surface area (Å²) in [5.41, 5.74) is 1.56. The van der Waals surface area contributed by atoms with Crippen LogP contribution in [0.3, 0.4) is 0 Å². The molecule has 0 saturated carbocycles. The number of carbonyl (C=O) groups is 1. The van der Waals surface area contributed by atoms with Gasteiger partial charge in [0.05, 0.1) is 6.10 Å². The van der Waals surface area contributed by atoms with Crippen LogP contribution in [0.25, 0.3) is 5.69 Å². The third kappa shape index (κ3) is 3.28. The van der Waals surface area contributed by atoms with E-state index in [1.165, 1.54) is 0 Å². The van der Waals surface area contributed by atoms with E-state index in [2.05, 4.69) is 4.98 Å². The van der Waals surface area contributed by atoms with Gasteiger partial charge in [-0.3, -0.25) is 9.36 Å². The van der Waals surface area contributed by atoms with Gasteiger partial charge in [-0.05, 0) is 36.8 Å². The number of hydrogen-bond donors (Lipinski definition) is 1. The van der Waals surface area contributed by atoms with Gasteiger partial charge in [-0.25, -0.2) is 4.98 Å². The molecule has 1 N–H and O–H groups in total. The number of amides is 1. The zero-order valence-electron chi connectivity index (χ0n) is 13.3. The molecule has 0 bridgehead atoms. The number of imidazole rings is 1. The molecule has 1 aromatic heterocycles. The molecule has 2 heterocycles. The number of carbonyl (C=O) groups excluding carboxylic acids is 1. The van der Waals surface area contributed by atoms with Gasteiger partial charge in [0.2, 0.25) is 0 Å². The monoisotopic (exact) mass is 331 g/mol. The normalized spacial score (nSPS) is 21.4. The smallest absolute Gasteiger partial charge is 0.254 e. The summed E-state index contributed by atoms with van der Waals surface area (Å²) in [6, 6.07) is 7.56. The Bertz CT molecular complexity index is 701. The summed E-state index contributed by atoms with van der Waals surface area (Å²) < 4.78 is 1.97. The first-order valence-corrected chi connectivity index (χ1v) is 8.97. The van der Waals surface area contributed by atoms with Gasteiger partial charge in [0.1, 0.15) is 0 Å². The van der Waals surface area contributed by atoms with Crippen LogP contribution in [0.15, 0.2) is 41.8 Å². The molecular formula is C17H21N3O2S. The summed E-state index contributed by atoms with van der Waals surface area (Å²) in [6.45, 7) is 3.13. The number of rotatable bonds is 3. The average Bonchev–Trinajstić information content (AvgIpc) is 3.05. The Hall–Kier alpha value is -1.79. The lowest BCUT2D eigenvalue weighted by Crippen LogP contribution is -2.45. The number of aromatic nitrogens is 2. The Kier molecular flexibility index (Phi) is 4.73. The van der Waals surface area contributed by atoms with Gasteiger partial charge in [-0.2, -0.15) is 0 Å². The second-order valence-corrected chi connectivity index (χ2v) is 6.69. The fourth-order valence-corrected chi connectivity index (χ4v) is 3.37. The van der Waals surface area contributed by atoms with E-state index in [9.17, 15) is 9.90 Å². The minimum atomic E-state index is -0.437. The first kappa shape index (κ1) is 16.1. The summed E-state index contributed by atoms with van der Waals surface area (Å²) in [7, 11) is 0. The van der Waals surface area contributed by atoms with Gasteiger partial charge in [0, 0.05) is 36.7 Å². The number of nitrogens with zero attached hydrogens (tertiary/aromatic N) is 3. The molecule has 6 heteroatoms. The number of aliphatic hydroxyl groups excluding tert-OH is 1. The van der Waals surface area contributed by atoms with Crippen LogP contribution >= 0.6 is 11.8 Å². The van der Waals surface area contributed by atoms with Crippen LogP contribution in [-0.2, 0) is 0 Å². The van der Waals surface area contributed by atoms with Crippen molar-refractivity contribution in [1.29, 1.82) is 0 Å². The molecule has 122 valence electrons. The summed E-state index contributed by atoms with van der Waals surface area (Å²) >= 11 is 1.56. The SMILES string of the molecule is CSc1nccn1-c1cccc(C(=O)N2CCC(C)C(O)C2)c1. The van der Waals surface area contributed by atoms with Crippen LogP contribution < -0.4 is 0 Å². The third-order valence-corrected chi connectivity index (χ3v) is 5.03. The lowest BCUT2D eigenvalue weighted by molar-refractivity contribution is 0.0248. The number of β-amino-alcohol motifs (C(OH)–C–C–N with tert-alkyl or cyclic N) is 1. The minimum absolute atomic E-state index is 0.0244. The van der Waals surface area contributed by atoms with Crippen molar-refractivity contribution in [1.82, 2.24) is 14.5 Å². The van der Waals surface area contributed by atoms with Gasteiger partial charge >= 0.3 is 0 Å². The molecule has 3 rings (SSSR count). The highest BCUT2D eigenvalue weighted by atomic mass is 32.2. The van der Waals surface area contributed by atoms with Gasteiger partial charge in [0.25, 0.3) is 5.91 Å². The highest BCUT2D eigenvalue weighted by Crippen LogP contribution is 2.22. The molecule has 0 aliphatic carbocycles. The maximum Gasteiger partial charge on any atom is 0.254 e.